The van der Waals surface area contributed by atoms with Gasteiger partial charge in [0.2, 0.25) is 11.9 Å². The van der Waals surface area contributed by atoms with Crippen LogP contribution in [0.15, 0.2) is 11.9 Å². The summed E-state index contributed by atoms with van der Waals surface area (Å²) in [6.07, 6.45) is 7.22. The molecule has 0 spiro atoms. The number of amides is 3. The molecule has 0 unspecified atom stereocenters. The van der Waals surface area contributed by atoms with Crippen LogP contribution in [0.25, 0.3) is 11.7 Å². The lowest BCUT2D eigenvalue weighted by Crippen LogP contribution is -2.38. The Morgan fingerprint density at radius 2 is 2.00 bits per heavy atom. The van der Waals surface area contributed by atoms with Crippen LogP contribution in [-0.4, -0.2) is 63.9 Å². The lowest BCUT2D eigenvalue weighted by Gasteiger charge is -2.31. The van der Waals surface area contributed by atoms with Gasteiger partial charge in [0, 0.05) is 37.9 Å². The molecule has 2 aromatic rings. The summed E-state index contributed by atoms with van der Waals surface area (Å²) in [5.74, 6) is 0.739. The van der Waals surface area contributed by atoms with Gasteiger partial charge in [-0.3, -0.25) is 10.1 Å². The van der Waals surface area contributed by atoms with Crippen LogP contribution in [-0.2, 0) is 9.53 Å². The topological polar surface area (TPSA) is 126 Å². The molecule has 152 valence electrons. The summed E-state index contributed by atoms with van der Waals surface area (Å²) < 4.78 is 7.11. The minimum absolute atomic E-state index is 0.166. The smallest absolute Gasteiger partial charge is 0.326 e. The van der Waals surface area contributed by atoms with E-state index in [0.717, 1.165) is 38.9 Å². The molecule has 0 atom stereocenters. The molecular weight excluding hydrogens is 376 g/mol. The molecule has 1 saturated carbocycles. The Bertz CT molecular complexity index is 1010. The monoisotopic (exact) mass is 398 g/mol. The molecule has 2 aromatic heterocycles. The third-order valence-electron chi connectivity index (χ3n) is 5.37. The maximum atomic E-state index is 11.9. The van der Waals surface area contributed by atoms with Crippen molar-refractivity contribution in [3.05, 3.63) is 17.5 Å². The van der Waals surface area contributed by atoms with Crippen molar-refractivity contribution < 1.29 is 14.3 Å². The zero-order chi connectivity index (χ0) is 20.0. The Balaban J connectivity index is 1.56. The van der Waals surface area contributed by atoms with Crippen molar-refractivity contribution in [1.82, 2.24) is 30.2 Å². The molecular formula is C18H22N8O3. The Morgan fingerprint density at radius 3 is 2.69 bits per heavy atom. The van der Waals surface area contributed by atoms with Gasteiger partial charge < -0.3 is 20.3 Å². The van der Waals surface area contributed by atoms with Gasteiger partial charge in [-0.1, -0.05) is 0 Å². The molecule has 11 nitrogen and oxygen atoms in total. The fourth-order valence-electron chi connectivity index (χ4n) is 3.52. The number of ether oxygens (including phenoxy) is 1. The van der Waals surface area contributed by atoms with E-state index in [9.17, 15) is 9.59 Å². The lowest BCUT2D eigenvalue weighted by molar-refractivity contribution is -0.115. The Morgan fingerprint density at radius 1 is 1.21 bits per heavy atom. The standard InChI is InChI=1S/C18H22N8O3/c1-25(12-4-6-29-7-5-12)16-22-14-10(8-13-15(27)23-18(28)21-13)9-19-26(14)17(24-16)20-11-2-3-11/h8-9,11-12H,2-7H2,1H3,(H,20,22,24)(H2,21,23,27,28)/b13-8-. The molecule has 3 fully saturated rings. The Labute approximate surface area is 166 Å². The van der Waals surface area contributed by atoms with Crippen LogP contribution in [0.4, 0.5) is 16.7 Å². The third-order valence-corrected chi connectivity index (χ3v) is 5.37. The lowest BCUT2D eigenvalue weighted by atomic mass is 10.1. The average molecular weight is 398 g/mol. The molecule has 11 heteroatoms. The molecule has 3 N–H and O–H groups in total. The van der Waals surface area contributed by atoms with E-state index in [2.05, 4.69) is 25.9 Å². The number of urea groups is 1. The van der Waals surface area contributed by atoms with Crippen molar-refractivity contribution in [3.8, 4) is 0 Å². The fourth-order valence-corrected chi connectivity index (χ4v) is 3.52. The van der Waals surface area contributed by atoms with Gasteiger partial charge in [0.05, 0.1) is 6.20 Å². The number of anilines is 2. The SMILES string of the molecule is CN(c1nc(NC2CC2)n2ncc(/C=C3\NC(=O)NC3=O)c2n1)C1CCOCC1. The van der Waals surface area contributed by atoms with Gasteiger partial charge in [-0.15, -0.1) is 0 Å². The quantitative estimate of drug-likeness (QED) is 0.491. The summed E-state index contributed by atoms with van der Waals surface area (Å²) in [6, 6.07) is 0.146. The number of imide groups is 1. The normalized spacial score (nSPS) is 21.5. The number of fused-ring (bicyclic) bond motifs is 1. The van der Waals surface area contributed by atoms with E-state index in [1.54, 1.807) is 16.8 Å². The molecule has 0 radical (unpaired) electrons. The summed E-state index contributed by atoms with van der Waals surface area (Å²) in [5.41, 5.74) is 1.36. The molecule has 1 aliphatic carbocycles. The minimum atomic E-state index is -0.539. The fraction of sp³-hybridized carbons (Fsp3) is 0.500. The van der Waals surface area contributed by atoms with Gasteiger partial charge >= 0.3 is 6.03 Å². The van der Waals surface area contributed by atoms with Crippen LogP contribution in [0.2, 0.25) is 0 Å². The number of rotatable bonds is 5. The van der Waals surface area contributed by atoms with Crippen LogP contribution in [0.1, 0.15) is 31.2 Å². The van der Waals surface area contributed by atoms with E-state index in [0.29, 0.717) is 35.2 Å². The van der Waals surface area contributed by atoms with E-state index in [4.69, 9.17) is 14.7 Å². The molecule has 29 heavy (non-hydrogen) atoms. The summed E-state index contributed by atoms with van der Waals surface area (Å²) >= 11 is 0. The maximum Gasteiger partial charge on any atom is 0.326 e. The Hall–Kier alpha value is -3.21. The van der Waals surface area contributed by atoms with Crippen molar-refractivity contribution in [2.45, 2.75) is 37.8 Å². The number of aromatic nitrogens is 4. The molecule has 0 bridgehead atoms. The van der Waals surface area contributed by atoms with Gasteiger partial charge in [-0.25, -0.2) is 4.79 Å². The molecule has 4 heterocycles. The summed E-state index contributed by atoms with van der Waals surface area (Å²) in [5, 5.41) is 12.5. The van der Waals surface area contributed by atoms with E-state index < -0.39 is 11.9 Å². The second-order valence-corrected chi connectivity index (χ2v) is 7.52. The largest absolute Gasteiger partial charge is 0.381 e. The molecule has 5 rings (SSSR count). The molecule has 2 saturated heterocycles. The van der Waals surface area contributed by atoms with E-state index >= 15 is 0 Å². The van der Waals surface area contributed by atoms with Crippen LogP contribution >= 0.6 is 0 Å². The van der Waals surface area contributed by atoms with Gasteiger partial charge in [-0.2, -0.15) is 19.6 Å². The second-order valence-electron chi connectivity index (χ2n) is 7.52. The highest BCUT2D eigenvalue weighted by Gasteiger charge is 2.27. The Kier molecular flexibility index (Phi) is 4.31. The van der Waals surface area contributed by atoms with E-state index in [-0.39, 0.29) is 5.70 Å². The van der Waals surface area contributed by atoms with Crippen molar-refractivity contribution in [2.75, 3.05) is 30.5 Å². The first kappa shape index (κ1) is 17.9. The van der Waals surface area contributed by atoms with E-state index in [1.165, 1.54) is 0 Å². The van der Waals surface area contributed by atoms with Crippen LogP contribution in [0, 0.1) is 0 Å². The average Bonchev–Trinajstić information content (AvgIpc) is 3.36. The first-order chi connectivity index (χ1) is 14.1. The van der Waals surface area contributed by atoms with Gasteiger partial charge in [-0.05, 0) is 31.8 Å². The zero-order valence-corrected chi connectivity index (χ0v) is 16.0. The van der Waals surface area contributed by atoms with Crippen molar-refractivity contribution >= 4 is 35.6 Å². The second kappa shape index (κ2) is 6.99. The van der Waals surface area contributed by atoms with Crippen LogP contribution < -0.4 is 20.9 Å². The van der Waals surface area contributed by atoms with Crippen molar-refractivity contribution in [2.24, 2.45) is 0 Å². The highest BCUT2D eigenvalue weighted by atomic mass is 16.5. The van der Waals surface area contributed by atoms with Crippen LogP contribution in [0.5, 0.6) is 0 Å². The summed E-state index contributed by atoms with van der Waals surface area (Å²) in [6.45, 7) is 1.45. The summed E-state index contributed by atoms with van der Waals surface area (Å²) in [4.78, 5) is 34.8. The predicted octanol–water partition coefficient (Wildman–Crippen LogP) is 0.494. The molecule has 3 amide bonds. The van der Waals surface area contributed by atoms with Crippen molar-refractivity contribution in [1.29, 1.82) is 0 Å². The third kappa shape index (κ3) is 3.48. The minimum Gasteiger partial charge on any atom is -0.381 e. The predicted molar refractivity (Wildman–Crippen MR) is 104 cm³/mol. The first-order valence-electron chi connectivity index (χ1n) is 9.75. The summed E-state index contributed by atoms with van der Waals surface area (Å²) in [7, 11) is 1.99. The number of carbonyl (C=O) groups excluding carboxylic acids is 2. The maximum absolute atomic E-state index is 11.9. The number of nitrogens with zero attached hydrogens (tertiary/aromatic N) is 5. The molecule has 2 aliphatic heterocycles. The van der Waals surface area contributed by atoms with Gasteiger partial charge in [0.25, 0.3) is 5.91 Å². The number of nitrogens with one attached hydrogen (secondary N) is 3. The zero-order valence-electron chi connectivity index (χ0n) is 16.0. The number of hydrogen-bond donors (Lipinski definition) is 3. The molecule has 3 aliphatic rings. The van der Waals surface area contributed by atoms with Crippen LogP contribution in [0.3, 0.4) is 0 Å². The first-order valence-corrected chi connectivity index (χ1v) is 9.75. The van der Waals surface area contributed by atoms with Gasteiger partial charge in [0.1, 0.15) is 5.70 Å². The van der Waals surface area contributed by atoms with Gasteiger partial charge in [0.15, 0.2) is 5.65 Å². The number of carbonyl (C=O) groups is 2. The highest BCUT2D eigenvalue weighted by molar-refractivity contribution is 6.14. The van der Waals surface area contributed by atoms with Crippen molar-refractivity contribution in [3.63, 3.8) is 0 Å². The molecule has 0 aromatic carbocycles. The highest BCUT2D eigenvalue weighted by Crippen LogP contribution is 2.27. The van der Waals surface area contributed by atoms with E-state index in [1.807, 2.05) is 7.05 Å². The number of hydrogen-bond acceptors (Lipinski definition) is 8.